The summed E-state index contributed by atoms with van der Waals surface area (Å²) in [6, 6.07) is 4.35. The van der Waals surface area contributed by atoms with E-state index >= 15 is 0 Å². The summed E-state index contributed by atoms with van der Waals surface area (Å²) in [4.78, 5) is 24.6. The Labute approximate surface area is 165 Å². The summed E-state index contributed by atoms with van der Waals surface area (Å²) >= 11 is 17.1. The number of carbonyl (C=O) groups is 2. The SMILES string of the molecule is CC(NC(=O)c1cccc(Cl)c1Cl)C(=O)NCc1n[nH]c(=S)n1C1CC1. The number of aromatic amines is 1. The van der Waals surface area contributed by atoms with Gasteiger partial charge in [-0.2, -0.15) is 5.10 Å². The number of H-pyrrole nitrogens is 1. The van der Waals surface area contributed by atoms with Gasteiger partial charge in [0.2, 0.25) is 5.91 Å². The number of aromatic nitrogens is 3. The van der Waals surface area contributed by atoms with Gasteiger partial charge in [0.05, 0.1) is 22.2 Å². The third-order valence-corrected chi connectivity index (χ3v) is 5.15. The molecule has 0 saturated heterocycles. The summed E-state index contributed by atoms with van der Waals surface area (Å²) in [5, 5.41) is 12.7. The molecule has 26 heavy (non-hydrogen) atoms. The van der Waals surface area contributed by atoms with E-state index in [1.165, 1.54) is 0 Å². The van der Waals surface area contributed by atoms with Gasteiger partial charge < -0.3 is 10.6 Å². The van der Waals surface area contributed by atoms with Gasteiger partial charge in [-0.05, 0) is 44.1 Å². The largest absolute Gasteiger partial charge is 0.347 e. The Morgan fingerprint density at radius 2 is 2.15 bits per heavy atom. The third-order valence-electron chi connectivity index (χ3n) is 4.05. The molecule has 3 rings (SSSR count). The minimum Gasteiger partial charge on any atom is -0.347 e. The van der Waals surface area contributed by atoms with Gasteiger partial charge in [0, 0.05) is 6.04 Å². The molecule has 2 amide bonds. The highest BCUT2D eigenvalue weighted by atomic mass is 35.5. The number of nitrogens with zero attached hydrogens (tertiary/aromatic N) is 2. The van der Waals surface area contributed by atoms with Gasteiger partial charge in [0.15, 0.2) is 10.6 Å². The lowest BCUT2D eigenvalue weighted by atomic mass is 10.2. The van der Waals surface area contributed by atoms with Crippen molar-refractivity contribution in [3.05, 3.63) is 44.4 Å². The normalized spacial score (nSPS) is 14.7. The average Bonchev–Trinajstić information content (AvgIpc) is 3.37. The number of rotatable bonds is 6. The van der Waals surface area contributed by atoms with E-state index in [1.807, 2.05) is 4.57 Å². The van der Waals surface area contributed by atoms with Gasteiger partial charge in [-0.25, -0.2) is 0 Å². The topological polar surface area (TPSA) is 91.8 Å². The van der Waals surface area contributed by atoms with Crippen LogP contribution in [0.1, 0.15) is 42.0 Å². The Kier molecular flexibility index (Phi) is 5.64. The lowest BCUT2D eigenvalue weighted by Crippen LogP contribution is -2.44. The Hall–Kier alpha value is -1.90. The molecule has 2 aromatic rings. The van der Waals surface area contributed by atoms with Crippen LogP contribution >= 0.6 is 35.4 Å². The molecule has 0 spiro atoms. The number of nitrogens with one attached hydrogen (secondary N) is 3. The summed E-state index contributed by atoms with van der Waals surface area (Å²) in [5.74, 6) is -0.143. The minimum atomic E-state index is -0.756. The third kappa shape index (κ3) is 4.08. The van der Waals surface area contributed by atoms with Crippen molar-refractivity contribution < 1.29 is 9.59 Å². The van der Waals surface area contributed by atoms with E-state index in [0.29, 0.717) is 16.6 Å². The molecule has 7 nitrogen and oxygen atoms in total. The zero-order valence-corrected chi connectivity index (χ0v) is 16.2. The van der Waals surface area contributed by atoms with Crippen LogP contribution in [0, 0.1) is 4.77 Å². The lowest BCUT2D eigenvalue weighted by molar-refractivity contribution is -0.122. The van der Waals surface area contributed by atoms with E-state index in [2.05, 4.69) is 20.8 Å². The molecule has 1 atom stereocenters. The summed E-state index contributed by atoms with van der Waals surface area (Å²) < 4.78 is 2.47. The number of halogens is 2. The molecule has 10 heteroatoms. The molecule has 0 bridgehead atoms. The number of amides is 2. The molecule has 1 aromatic carbocycles. The second-order valence-electron chi connectivity index (χ2n) is 6.06. The Morgan fingerprint density at radius 3 is 2.85 bits per heavy atom. The van der Waals surface area contributed by atoms with Crippen molar-refractivity contribution in [2.75, 3.05) is 0 Å². The molecule has 138 valence electrons. The van der Waals surface area contributed by atoms with Crippen LogP contribution in [0.5, 0.6) is 0 Å². The number of hydrogen-bond donors (Lipinski definition) is 3. The highest BCUT2D eigenvalue weighted by Crippen LogP contribution is 2.35. The second kappa shape index (κ2) is 7.77. The quantitative estimate of drug-likeness (QED) is 0.634. The van der Waals surface area contributed by atoms with E-state index in [9.17, 15) is 9.59 Å². The highest BCUT2D eigenvalue weighted by Gasteiger charge is 2.27. The summed E-state index contributed by atoms with van der Waals surface area (Å²) in [7, 11) is 0. The van der Waals surface area contributed by atoms with Crippen molar-refractivity contribution in [3.63, 3.8) is 0 Å². The average molecular weight is 414 g/mol. The lowest BCUT2D eigenvalue weighted by Gasteiger charge is -2.15. The molecule has 3 N–H and O–H groups in total. The first kappa shape index (κ1) is 18.9. The smallest absolute Gasteiger partial charge is 0.253 e. The van der Waals surface area contributed by atoms with Gasteiger partial charge in [0.25, 0.3) is 5.91 Å². The first-order valence-electron chi connectivity index (χ1n) is 8.07. The monoisotopic (exact) mass is 413 g/mol. The van der Waals surface area contributed by atoms with E-state index < -0.39 is 11.9 Å². The first-order valence-corrected chi connectivity index (χ1v) is 9.23. The molecule has 1 aromatic heterocycles. The Morgan fingerprint density at radius 1 is 1.42 bits per heavy atom. The number of carbonyl (C=O) groups excluding carboxylic acids is 2. The predicted molar refractivity (Wildman–Crippen MR) is 101 cm³/mol. The Bertz CT molecular complexity index is 906. The molecular weight excluding hydrogens is 397 g/mol. The van der Waals surface area contributed by atoms with Gasteiger partial charge >= 0.3 is 0 Å². The van der Waals surface area contributed by atoms with Gasteiger partial charge in [-0.15, -0.1) is 0 Å². The molecular formula is C16H17Cl2N5O2S. The molecule has 1 fully saturated rings. The molecule has 1 aliphatic carbocycles. The van der Waals surface area contributed by atoms with Crippen LogP contribution in [0.3, 0.4) is 0 Å². The van der Waals surface area contributed by atoms with Crippen LogP contribution in [0.4, 0.5) is 0 Å². The summed E-state index contributed by atoms with van der Waals surface area (Å²) in [6.45, 7) is 1.81. The van der Waals surface area contributed by atoms with E-state index in [1.54, 1.807) is 25.1 Å². The van der Waals surface area contributed by atoms with Crippen LogP contribution in [0.25, 0.3) is 0 Å². The van der Waals surface area contributed by atoms with E-state index in [4.69, 9.17) is 35.4 Å². The van der Waals surface area contributed by atoms with Crippen LogP contribution in [-0.2, 0) is 11.3 Å². The fraction of sp³-hybridized carbons (Fsp3) is 0.375. The van der Waals surface area contributed by atoms with Crippen LogP contribution < -0.4 is 10.6 Å². The van der Waals surface area contributed by atoms with Gasteiger partial charge in [-0.3, -0.25) is 19.3 Å². The van der Waals surface area contributed by atoms with Gasteiger partial charge in [-0.1, -0.05) is 29.3 Å². The fourth-order valence-electron chi connectivity index (χ4n) is 2.51. The zero-order chi connectivity index (χ0) is 18.8. The summed E-state index contributed by atoms with van der Waals surface area (Å²) in [6.07, 6.45) is 2.11. The Balaban J connectivity index is 1.59. The van der Waals surface area contributed by atoms with Gasteiger partial charge in [0.1, 0.15) is 6.04 Å². The minimum absolute atomic E-state index is 0.152. The number of hydrogen-bond acceptors (Lipinski definition) is 4. The maximum Gasteiger partial charge on any atom is 0.253 e. The standard InChI is InChI=1S/C16H17Cl2N5O2S/c1-8(20-15(25)10-3-2-4-11(17)13(10)18)14(24)19-7-12-21-22-16(26)23(12)9-5-6-9/h2-4,8-9H,5-7H2,1H3,(H,19,24)(H,20,25)(H,22,26). The molecule has 1 aliphatic rings. The first-order chi connectivity index (χ1) is 12.4. The van der Waals surface area contributed by atoms with Crippen molar-refractivity contribution in [2.24, 2.45) is 0 Å². The van der Waals surface area contributed by atoms with Crippen molar-refractivity contribution >= 4 is 47.2 Å². The molecule has 0 aliphatic heterocycles. The predicted octanol–water partition coefficient (Wildman–Crippen LogP) is 3.02. The number of benzene rings is 1. The second-order valence-corrected chi connectivity index (χ2v) is 7.23. The van der Waals surface area contributed by atoms with Crippen molar-refractivity contribution in [3.8, 4) is 0 Å². The highest BCUT2D eigenvalue weighted by molar-refractivity contribution is 7.71. The van der Waals surface area contributed by atoms with E-state index in [0.717, 1.165) is 12.8 Å². The maximum absolute atomic E-state index is 12.3. The molecule has 1 unspecified atom stereocenters. The van der Waals surface area contributed by atoms with Crippen molar-refractivity contribution in [1.29, 1.82) is 0 Å². The van der Waals surface area contributed by atoms with Crippen LogP contribution in [0.2, 0.25) is 10.0 Å². The van der Waals surface area contributed by atoms with Crippen molar-refractivity contribution in [1.82, 2.24) is 25.4 Å². The van der Waals surface area contributed by atoms with Crippen molar-refractivity contribution in [2.45, 2.75) is 38.4 Å². The fourth-order valence-corrected chi connectivity index (χ4v) is 3.20. The molecule has 1 saturated carbocycles. The van der Waals surface area contributed by atoms with E-state index in [-0.39, 0.29) is 28.1 Å². The molecule has 1 heterocycles. The van der Waals surface area contributed by atoms with Crippen LogP contribution in [0.15, 0.2) is 18.2 Å². The summed E-state index contributed by atoms with van der Waals surface area (Å²) in [5.41, 5.74) is 0.216. The molecule has 0 radical (unpaired) electrons. The zero-order valence-electron chi connectivity index (χ0n) is 13.9. The van der Waals surface area contributed by atoms with Crippen LogP contribution in [-0.4, -0.2) is 32.6 Å². The maximum atomic E-state index is 12.3.